The van der Waals surface area contributed by atoms with Crippen molar-refractivity contribution in [1.82, 2.24) is 0 Å². The Morgan fingerprint density at radius 2 is 1.21 bits per heavy atom. The number of phenols is 1. The maximum atomic E-state index is 12.0. The lowest BCUT2D eigenvalue weighted by atomic mass is 9.84. The van der Waals surface area contributed by atoms with Crippen LogP contribution in [0.5, 0.6) is 5.75 Å². The van der Waals surface area contributed by atoms with Gasteiger partial charge in [0.15, 0.2) is 0 Å². The summed E-state index contributed by atoms with van der Waals surface area (Å²) in [4.78, 5) is 12.0. The van der Waals surface area contributed by atoms with E-state index in [1.54, 1.807) is 6.92 Å². The summed E-state index contributed by atoms with van der Waals surface area (Å²) in [6, 6.07) is 19.0. The summed E-state index contributed by atoms with van der Waals surface area (Å²) in [6.07, 6.45) is 0. The first kappa shape index (κ1) is 15.8. The first-order valence-corrected chi connectivity index (χ1v) is 7.72. The van der Waals surface area contributed by atoms with Gasteiger partial charge in [-0.25, -0.2) is 4.79 Å². The molecule has 0 fully saturated rings. The third-order valence-electron chi connectivity index (χ3n) is 4.30. The molecule has 3 nitrogen and oxygen atoms in total. The second-order valence-corrected chi connectivity index (χ2v) is 5.76. The van der Waals surface area contributed by atoms with Gasteiger partial charge < -0.3 is 10.2 Å². The van der Waals surface area contributed by atoms with Crippen LogP contribution >= 0.6 is 0 Å². The molecule has 0 bridgehead atoms. The number of hydrogen-bond acceptors (Lipinski definition) is 2. The number of rotatable bonds is 3. The van der Waals surface area contributed by atoms with Gasteiger partial charge >= 0.3 is 5.97 Å². The Hall–Kier alpha value is -3.07. The molecule has 0 aromatic heterocycles. The highest BCUT2D eigenvalue weighted by Gasteiger charge is 2.25. The van der Waals surface area contributed by atoms with Gasteiger partial charge in [0.1, 0.15) is 5.75 Å². The Labute approximate surface area is 140 Å². The fourth-order valence-electron chi connectivity index (χ4n) is 3.14. The summed E-state index contributed by atoms with van der Waals surface area (Å²) in [7, 11) is 0. The molecule has 0 amide bonds. The van der Waals surface area contributed by atoms with Crippen molar-refractivity contribution in [2.75, 3.05) is 0 Å². The van der Waals surface area contributed by atoms with E-state index in [2.05, 4.69) is 0 Å². The second-order valence-electron chi connectivity index (χ2n) is 5.76. The zero-order valence-electron chi connectivity index (χ0n) is 13.6. The van der Waals surface area contributed by atoms with Crippen LogP contribution in [0.4, 0.5) is 0 Å². The molecular formula is C21H18O3. The molecule has 3 rings (SSSR count). The van der Waals surface area contributed by atoms with Gasteiger partial charge in [0.2, 0.25) is 0 Å². The number of benzene rings is 3. The van der Waals surface area contributed by atoms with Gasteiger partial charge in [-0.1, -0.05) is 60.7 Å². The molecule has 0 radical (unpaired) electrons. The average molecular weight is 318 g/mol. The van der Waals surface area contributed by atoms with Crippen molar-refractivity contribution in [2.24, 2.45) is 0 Å². The van der Waals surface area contributed by atoms with Crippen molar-refractivity contribution in [3.63, 3.8) is 0 Å². The molecule has 2 N–H and O–H groups in total. The van der Waals surface area contributed by atoms with Gasteiger partial charge in [0.05, 0.1) is 5.56 Å². The number of carbonyl (C=O) groups is 1. The molecular weight excluding hydrogens is 300 g/mol. The van der Waals surface area contributed by atoms with Crippen molar-refractivity contribution < 1.29 is 15.0 Å². The monoisotopic (exact) mass is 318 g/mol. The smallest absolute Gasteiger partial charge is 0.336 e. The predicted octanol–water partition coefficient (Wildman–Crippen LogP) is 5.04. The van der Waals surface area contributed by atoms with Crippen molar-refractivity contribution in [2.45, 2.75) is 13.8 Å². The fourth-order valence-corrected chi connectivity index (χ4v) is 3.14. The minimum absolute atomic E-state index is 0.0333. The van der Waals surface area contributed by atoms with Crippen LogP contribution < -0.4 is 0 Å². The van der Waals surface area contributed by atoms with Gasteiger partial charge in [-0.2, -0.15) is 0 Å². The molecule has 0 atom stereocenters. The van der Waals surface area contributed by atoms with Crippen molar-refractivity contribution in [1.29, 1.82) is 0 Å². The highest BCUT2D eigenvalue weighted by Crippen LogP contribution is 2.43. The largest absolute Gasteiger partial charge is 0.507 e. The molecule has 3 aromatic carbocycles. The van der Waals surface area contributed by atoms with Crippen LogP contribution in [0.1, 0.15) is 21.5 Å². The summed E-state index contributed by atoms with van der Waals surface area (Å²) in [6.45, 7) is 3.47. The molecule has 0 spiro atoms. The number of carboxylic acid groups (broad SMARTS) is 1. The van der Waals surface area contributed by atoms with Gasteiger partial charge in [-0.3, -0.25) is 0 Å². The zero-order chi connectivity index (χ0) is 17.3. The summed E-state index contributed by atoms with van der Waals surface area (Å²) < 4.78 is 0. The second kappa shape index (κ2) is 6.20. The Morgan fingerprint density at radius 3 is 1.67 bits per heavy atom. The maximum absolute atomic E-state index is 12.0. The normalized spacial score (nSPS) is 10.6. The average Bonchev–Trinajstić information content (AvgIpc) is 2.60. The van der Waals surface area contributed by atoms with E-state index >= 15 is 0 Å². The Balaban J connectivity index is 2.50. The van der Waals surface area contributed by atoms with Crippen molar-refractivity contribution in [3.05, 3.63) is 77.4 Å². The van der Waals surface area contributed by atoms with Crippen molar-refractivity contribution >= 4 is 5.97 Å². The molecule has 0 aliphatic rings. The van der Waals surface area contributed by atoms with Crippen LogP contribution in [-0.4, -0.2) is 16.2 Å². The van der Waals surface area contributed by atoms with E-state index in [1.165, 1.54) is 0 Å². The van der Waals surface area contributed by atoms with Gasteiger partial charge in [0.25, 0.3) is 0 Å². The molecule has 0 aliphatic carbocycles. The van der Waals surface area contributed by atoms with E-state index in [0.29, 0.717) is 16.7 Å². The fraction of sp³-hybridized carbons (Fsp3) is 0.0952. The van der Waals surface area contributed by atoms with E-state index in [0.717, 1.165) is 16.7 Å². The number of carboxylic acids is 1. The number of aromatic carboxylic acids is 1. The minimum atomic E-state index is -1.04. The van der Waals surface area contributed by atoms with Crippen LogP contribution in [0.3, 0.4) is 0 Å². The van der Waals surface area contributed by atoms with Gasteiger partial charge in [-0.05, 0) is 36.1 Å². The van der Waals surface area contributed by atoms with Crippen LogP contribution in [0.15, 0.2) is 60.7 Å². The number of phenolic OH excluding ortho intramolecular Hbond substituents is 1. The first-order valence-electron chi connectivity index (χ1n) is 7.72. The Kier molecular flexibility index (Phi) is 4.09. The lowest BCUT2D eigenvalue weighted by molar-refractivity contribution is 0.0696. The third-order valence-corrected chi connectivity index (χ3v) is 4.30. The lowest BCUT2D eigenvalue weighted by Gasteiger charge is -2.20. The van der Waals surface area contributed by atoms with E-state index in [4.69, 9.17) is 0 Å². The van der Waals surface area contributed by atoms with Crippen molar-refractivity contribution in [3.8, 4) is 28.0 Å². The summed E-state index contributed by atoms with van der Waals surface area (Å²) in [5.41, 5.74) is 4.31. The summed E-state index contributed by atoms with van der Waals surface area (Å²) >= 11 is 0. The molecule has 120 valence electrons. The Morgan fingerprint density at radius 1 is 0.750 bits per heavy atom. The highest BCUT2D eigenvalue weighted by molar-refractivity contribution is 6.04. The van der Waals surface area contributed by atoms with E-state index < -0.39 is 5.97 Å². The van der Waals surface area contributed by atoms with E-state index in [-0.39, 0.29) is 11.3 Å². The van der Waals surface area contributed by atoms with Crippen LogP contribution in [0, 0.1) is 13.8 Å². The molecule has 0 saturated heterocycles. The lowest BCUT2D eigenvalue weighted by Crippen LogP contribution is -2.06. The van der Waals surface area contributed by atoms with Gasteiger partial charge in [0, 0.05) is 11.1 Å². The quantitative estimate of drug-likeness (QED) is 0.711. The van der Waals surface area contributed by atoms with Gasteiger partial charge in [-0.15, -0.1) is 0 Å². The van der Waals surface area contributed by atoms with E-state index in [9.17, 15) is 15.0 Å². The van der Waals surface area contributed by atoms with Crippen LogP contribution in [0.25, 0.3) is 22.3 Å². The molecule has 3 aromatic rings. The SMILES string of the molecule is Cc1c(O)c(C)c(-c2ccccc2)c(-c2ccccc2)c1C(=O)O. The highest BCUT2D eigenvalue weighted by atomic mass is 16.4. The predicted molar refractivity (Wildman–Crippen MR) is 95.4 cm³/mol. The maximum Gasteiger partial charge on any atom is 0.336 e. The molecule has 0 heterocycles. The minimum Gasteiger partial charge on any atom is -0.507 e. The molecule has 3 heteroatoms. The third kappa shape index (κ3) is 2.54. The topological polar surface area (TPSA) is 57.5 Å². The summed E-state index contributed by atoms with van der Waals surface area (Å²) in [5, 5.41) is 20.3. The van der Waals surface area contributed by atoms with E-state index in [1.807, 2.05) is 67.6 Å². The first-order chi connectivity index (χ1) is 11.5. The van der Waals surface area contributed by atoms with Crippen LogP contribution in [-0.2, 0) is 0 Å². The molecule has 0 unspecified atom stereocenters. The Bertz CT molecular complexity index is 898. The summed E-state index contributed by atoms with van der Waals surface area (Å²) in [5.74, 6) is -1.01. The standard InChI is InChI=1S/C21H18O3/c1-13-17(15-9-5-3-6-10-15)19(16-11-7-4-8-12-16)18(21(23)24)14(2)20(13)22/h3-12,22H,1-2H3,(H,23,24). The number of aromatic hydroxyl groups is 1. The number of hydrogen-bond donors (Lipinski definition) is 2. The molecule has 0 saturated carbocycles. The van der Waals surface area contributed by atoms with Crippen LogP contribution in [0.2, 0.25) is 0 Å². The molecule has 24 heavy (non-hydrogen) atoms. The molecule has 0 aliphatic heterocycles. The zero-order valence-corrected chi connectivity index (χ0v) is 13.6.